The molecule has 0 saturated carbocycles. The zero-order chi connectivity index (χ0) is 22.1. The molecule has 0 unspecified atom stereocenters. The Morgan fingerprint density at radius 1 is 1.23 bits per heavy atom. The molecule has 2 rings (SSSR count). The maximum absolute atomic E-state index is 12.4. The van der Waals surface area contributed by atoms with Crippen LogP contribution in [0.4, 0.5) is 4.79 Å². The Kier molecular flexibility index (Phi) is 8.68. The number of nitrogens with two attached hydrogens (primary N) is 1. The maximum atomic E-state index is 12.4. The van der Waals surface area contributed by atoms with Gasteiger partial charge in [-0.2, -0.15) is 0 Å². The highest BCUT2D eigenvalue weighted by atomic mass is 16.6. The van der Waals surface area contributed by atoms with Gasteiger partial charge in [-0.05, 0) is 58.1 Å². The van der Waals surface area contributed by atoms with Crippen molar-refractivity contribution in [2.75, 3.05) is 13.2 Å². The van der Waals surface area contributed by atoms with Crippen LogP contribution in [-0.4, -0.2) is 52.9 Å². The number of alkyl carbamates (subject to hydrolysis) is 1. The lowest BCUT2D eigenvalue weighted by atomic mass is 10.0. The van der Waals surface area contributed by atoms with E-state index in [1.165, 1.54) is 0 Å². The van der Waals surface area contributed by atoms with Crippen molar-refractivity contribution < 1.29 is 19.4 Å². The normalized spacial score (nSPS) is 13.6. The quantitative estimate of drug-likeness (QED) is 0.378. The lowest BCUT2D eigenvalue weighted by Gasteiger charge is -2.20. The number of rotatable bonds is 10. The first kappa shape index (κ1) is 23.7. The summed E-state index contributed by atoms with van der Waals surface area (Å²) in [5.74, 6) is -0.283. The number of para-hydroxylation sites is 1. The van der Waals surface area contributed by atoms with Crippen molar-refractivity contribution in [2.45, 2.75) is 64.1 Å². The third-order valence-electron chi connectivity index (χ3n) is 4.65. The molecular formula is C22H34N4O4. The van der Waals surface area contributed by atoms with Gasteiger partial charge in [0, 0.05) is 23.6 Å². The van der Waals surface area contributed by atoms with Crippen molar-refractivity contribution >= 4 is 22.9 Å². The van der Waals surface area contributed by atoms with E-state index in [9.17, 15) is 14.7 Å². The largest absolute Gasteiger partial charge is 0.444 e. The van der Waals surface area contributed by atoms with Crippen molar-refractivity contribution in [1.29, 1.82) is 0 Å². The van der Waals surface area contributed by atoms with E-state index in [1.54, 1.807) is 0 Å². The van der Waals surface area contributed by atoms with E-state index in [4.69, 9.17) is 10.5 Å². The maximum Gasteiger partial charge on any atom is 0.407 e. The Hall–Kier alpha value is -2.58. The highest BCUT2D eigenvalue weighted by molar-refractivity contribution is 5.84. The number of aliphatic hydroxyl groups is 1. The van der Waals surface area contributed by atoms with Crippen molar-refractivity contribution in [2.24, 2.45) is 5.73 Å². The Labute approximate surface area is 177 Å². The molecule has 2 aromatic rings. The average Bonchev–Trinajstić information content (AvgIpc) is 3.08. The van der Waals surface area contributed by atoms with Gasteiger partial charge in [-0.25, -0.2) is 4.79 Å². The first-order valence-electron chi connectivity index (χ1n) is 10.4. The van der Waals surface area contributed by atoms with E-state index in [-0.39, 0.29) is 12.5 Å². The summed E-state index contributed by atoms with van der Waals surface area (Å²) in [6.45, 7) is 5.72. The minimum atomic E-state index is -0.663. The minimum absolute atomic E-state index is 0.169. The summed E-state index contributed by atoms with van der Waals surface area (Å²) in [5.41, 5.74) is 7.52. The van der Waals surface area contributed by atoms with Crippen molar-refractivity contribution in [1.82, 2.24) is 15.6 Å². The number of hydrogen-bond donors (Lipinski definition) is 5. The number of aromatic amines is 1. The molecule has 8 nitrogen and oxygen atoms in total. The second kappa shape index (κ2) is 11.0. The first-order valence-corrected chi connectivity index (χ1v) is 10.4. The summed E-state index contributed by atoms with van der Waals surface area (Å²) < 4.78 is 5.16. The van der Waals surface area contributed by atoms with Crippen LogP contribution in [0, 0.1) is 0 Å². The fourth-order valence-corrected chi connectivity index (χ4v) is 3.16. The van der Waals surface area contributed by atoms with Gasteiger partial charge in [-0.15, -0.1) is 0 Å². The number of nitrogens with one attached hydrogen (secondary N) is 3. The van der Waals surface area contributed by atoms with Gasteiger partial charge in [-0.3, -0.25) is 4.79 Å². The average molecular weight is 419 g/mol. The van der Waals surface area contributed by atoms with Crippen LogP contribution < -0.4 is 16.4 Å². The number of fused-ring (bicyclic) bond motifs is 1. The molecule has 0 bridgehead atoms. The second-order valence-corrected chi connectivity index (χ2v) is 8.48. The van der Waals surface area contributed by atoms with E-state index in [0.717, 1.165) is 16.5 Å². The van der Waals surface area contributed by atoms with Crippen molar-refractivity contribution in [3.63, 3.8) is 0 Å². The fourth-order valence-electron chi connectivity index (χ4n) is 3.16. The smallest absolute Gasteiger partial charge is 0.407 e. The Morgan fingerprint density at radius 2 is 1.97 bits per heavy atom. The molecule has 6 N–H and O–H groups in total. The number of H-pyrrole nitrogens is 1. The summed E-state index contributed by atoms with van der Waals surface area (Å²) in [7, 11) is 0. The van der Waals surface area contributed by atoms with E-state index in [1.807, 2.05) is 51.2 Å². The highest BCUT2D eigenvalue weighted by Gasteiger charge is 2.19. The Bertz CT molecular complexity index is 828. The van der Waals surface area contributed by atoms with E-state index in [2.05, 4.69) is 15.6 Å². The lowest BCUT2D eigenvalue weighted by Crippen LogP contribution is -2.47. The third kappa shape index (κ3) is 7.68. The molecule has 0 aliphatic carbocycles. The van der Waals surface area contributed by atoms with Crippen LogP contribution in [0.3, 0.4) is 0 Å². The molecule has 1 aromatic carbocycles. The van der Waals surface area contributed by atoms with Crippen LogP contribution in [0.5, 0.6) is 0 Å². The molecule has 8 heteroatoms. The summed E-state index contributed by atoms with van der Waals surface area (Å²) in [6, 6.07) is 6.84. The van der Waals surface area contributed by atoms with E-state index < -0.39 is 23.8 Å². The molecular weight excluding hydrogens is 384 g/mol. The van der Waals surface area contributed by atoms with Gasteiger partial charge >= 0.3 is 6.09 Å². The Balaban J connectivity index is 1.71. The molecule has 0 fully saturated rings. The number of benzene rings is 1. The number of carbonyl (C=O) groups excluding carboxylic acids is 2. The number of unbranched alkanes of at least 4 members (excludes halogenated alkanes) is 1. The van der Waals surface area contributed by atoms with Gasteiger partial charge in [0.2, 0.25) is 5.91 Å². The van der Waals surface area contributed by atoms with Gasteiger partial charge in [0.1, 0.15) is 5.60 Å². The van der Waals surface area contributed by atoms with Crippen LogP contribution in [-0.2, 0) is 16.0 Å². The van der Waals surface area contributed by atoms with Gasteiger partial charge in [0.05, 0.1) is 18.7 Å². The molecule has 1 aromatic heterocycles. The lowest BCUT2D eigenvalue weighted by molar-refractivity contribution is -0.123. The van der Waals surface area contributed by atoms with Gasteiger partial charge in [0.25, 0.3) is 0 Å². The van der Waals surface area contributed by atoms with Crippen LogP contribution in [0.25, 0.3) is 10.9 Å². The number of aliphatic hydroxyl groups excluding tert-OH is 1. The van der Waals surface area contributed by atoms with E-state index in [0.29, 0.717) is 32.2 Å². The number of aromatic nitrogens is 1. The molecule has 0 radical (unpaired) electrons. The minimum Gasteiger partial charge on any atom is -0.444 e. The number of amides is 2. The molecule has 2 amide bonds. The number of ether oxygens (including phenoxy) is 1. The zero-order valence-electron chi connectivity index (χ0n) is 18.0. The summed E-state index contributed by atoms with van der Waals surface area (Å²) in [5, 5.41) is 16.3. The van der Waals surface area contributed by atoms with Crippen LogP contribution >= 0.6 is 0 Å². The Morgan fingerprint density at radius 3 is 2.67 bits per heavy atom. The van der Waals surface area contributed by atoms with E-state index >= 15 is 0 Å². The topological polar surface area (TPSA) is 129 Å². The summed E-state index contributed by atoms with van der Waals surface area (Å²) in [6.07, 6.45) is 3.84. The van der Waals surface area contributed by atoms with Crippen molar-refractivity contribution in [3.8, 4) is 0 Å². The number of carbonyl (C=O) groups is 2. The predicted octanol–water partition coefficient (Wildman–Crippen LogP) is 2.21. The fraction of sp³-hybridized carbons (Fsp3) is 0.545. The summed E-state index contributed by atoms with van der Waals surface area (Å²) >= 11 is 0. The van der Waals surface area contributed by atoms with Gasteiger partial charge < -0.3 is 31.2 Å². The molecule has 166 valence electrons. The highest BCUT2D eigenvalue weighted by Crippen LogP contribution is 2.19. The molecule has 0 saturated heterocycles. The van der Waals surface area contributed by atoms with Gasteiger partial charge in [-0.1, -0.05) is 18.2 Å². The molecule has 1 heterocycles. The first-order chi connectivity index (χ1) is 14.2. The van der Waals surface area contributed by atoms with Crippen LogP contribution in [0.1, 0.15) is 45.6 Å². The molecule has 2 atom stereocenters. The molecule has 0 spiro atoms. The monoisotopic (exact) mass is 418 g/mol. The zero-order valence-corrected chi connectivity index (χ0v) is 18.0. The van der Waals surface area contributed by atoms with Gasteiger partial charge in [0.15, 0.2) is 0 Å². The van der Waals surface area contributed by atoms with Crippen LogP contribution in [0.2, 0.25) is 0 Å². The molecule has 30 heavy (non-hydrogen) atoms. The standard InChI is InChI=1S/C22H34N4O4/c1-22(2,3)30-21(29)24-11-7-6-9-18(23)20(28)26-16(14-27)12-15-13-25-19-10-5-4-8-17(15)19/h4-5,8,10,13,16,18,25,27H,6-7,9,11-12,14,23H2,1-3H3,(H,24,29)(H,26,28)/t16-,18-/m0/s1. The SMILES string of the molecule is CC(C)(C)OC(=O)NCCCC[C@H](N)C(=O)N[C@H](CO)Cc1c[nH]c2ccccc12. The van der Waals surface area contributed by atoms with Crippen LogP contribution in [0.15, 0.2) is 30.5 Å². The molecule has 0 aliphatic heterocycles. The number of hydrogen-bond acceptors (Lipinski definition) is 5. The molecule has 0 aliphatic rings. The summed E-state index contributed by atoms with van der Waals surface area (Å²) in [4.78, 5) is 27.2. The predicted molar refractivity (Wildman–Crippen MR) is 117 cm³/mol. The van der Waals surface area contributed by atoms with Crippen molar-refractivity contribution in [3.05, 3.63) is 36.0 Å². The second-order valence-electron chi connectivity index (χ2n) is 8.48. The third-order valence-corrected chi connectivity index (χ3v) is 4.65.